The maximum absolute atomic E-state index is 11.4. The van der Waals surface area contributed by atoms with Gasteiger partial charge >= 0.3 is 44.9 Å². The number of ether oxygens (including phenoxy) is 2. The summed E-state index contributed by atoms with van der Waals surface area (Å²) in [5, 5.41) is 0. The molecule has 0 rings (SSSR count). The third-order valence-corrected chi connectivity index (χ3v) is 1.23. The van der Waals surface area contributed by atoms with E-state index in [0.717, 1.165) is 0 Å². The van der Waals surface area contributed by atoms with Crippen LogP contribution in [0.1, 0.15) is 41.5 Å². The molecule has 0 aliphatic rings. The second-order valence-electron chi connectivity index (χ2n) is 5.39. The molecule has 2 amide bonds. The van der Waals surface area contributed by atoms with Crippen molar-refractivity contribution in [2.45, 2.75) is 52.7 Å². The zero-order valence-corrected chi connectivity index (χ0v) is 15.2. The Kier molecular flexibility index (Phi) is 10.3. The van der Waals surface area contributed by atoms with Crippen molar-refractivity contribution in [3.63, 3.8) is 0 Å². The summed E-state index contributed by atoms with van der Waals surface area (Å²) in [6.07, 6.45) is -1.66. The molecule has 102 valence electrons. The van der Waals surface area contributed by atoms with Crippen LogP contribution in [0.5, 0.6) is 0 Å². The van der Waals surface area contributed by atoms with Crippen molar-refractivity contribution in [2.24, 2.45) is 0 Å². The number of amides is 2. The van der Waals surface area contributed by atoms with Crippen LogP contribution in [0.4, 0.5) is 9.59 Å². The second kappa shape index (κ2) is 8.10. The molecule has 18 heavy (non-hydrogen) atoms. The summed E-state index contributed by atoms with van der Waals surface area (Å²) in [5.41, 5.74) is -1.34. The van der Waals surface area contributed by atoms with Crippen molar-refractivity contribution in [1.82, 2.24) is 4.90 Å². The summed E-state index contributed by atoms with van der Waals surface area (Å²) in [7, 11) is 3.29. The minimum atomic E-state index is -0.832. The number of carbonyl (C=O) groups is 2. The smallest absolute Gasteiger partial charge is 0.445 e. The van der Waals surface area contributed by atoms with Gasteiger partial charge in [-0.05, 0) is 41.5 Å². The molecule has 0 spiro atoms. The molecule has 0 unspecified atom stereocenters. The van der Waals surface area contributed by atoms with Crippen LogP contribution in [-0.2, 0) is 42.2 Å². The van der Waals surface area contributed by atoms with Gasteiger partial charge in [0.2, 0.25) is 0 Å². The van der Waals surface area contributed by atoms with E-state index in [0.29, 0.717) is 4.90 Å². The predicted molar refractivity (Wildman–Crippen MR) is 66.1 cm³/mol. The van der Waals surface area contributed by atoms with Crippen molar-refractivity contribution in [3.05, 3.63) is 14.5 Å². The van der Waals surface area contributed by atoms with E-state index in [1.807, 2.05) is 0 Å². The van der Waals surface area contributed by atoms with Gasteiger partial charge in [-0.2, -0.15) is 0 Å². The first-order valence-electron chi connectivity index (χ1n) is 4.99. The van der Waals surface area contributed by atoms with Gasteiger partial charge in [-0.3, -0.25) is 0 Å². The Morgan fingerprint density at radius 1 is 0.889 bits per heavy atom. The fourth-order valence-corrected chi connectivity index (χ4v) is 0.709. The molecule has 0 aromatic rings. The molecular formula is C12H23NO4Y+. The van der Waals surface area contributed by atoms with Gasteiger partial charge in [-0.1, -0.05) is 0 Å². The second-order valence-corrected chi connectivity index (χ2v) is 5.39. The maximum atomic E-state index is 11.4. The Morgan fingerprint density at radius 2 is 1.11 bits per heavy atom. The first-order chi connectivity index (χ1) is 6.92. The molecule has 0 saturated carbocycles. The number of rotatable bonds is 0. The summed E-state index contributed by atoms with van der Waals surface area (Å²) >= 11 is 0. The number of carbonyl (C=O) groups excluding carboxylic acids is 2. The van der Waals surface area contributed by atoms with Crippen LogP contribution in [0, 0.1) is 14.5 Å². The fourth-order valence-electron chi connectivity index (χ4n) is 0.709. The predicted octanol–water partition coefficient (Wildman–Crippen LogP) is 3.40. The molecule has 0 saturated heterocycles. The van der Waals surface area contributed by atoms with E-state index in [1.165, 1.54) is 0 Å². The van der Waals surface area contributed by atoms with Gasteiger partial charge < -0.3 is 21.8 Å². The normalized spacial score (nSPS) is 10.6. The molecule has 6 heteroatoms. The van der Waals surface area contributed by atoms with Crippen LogP contribution in [-0.4, -0.2) is 28.3 Å². The summed E-state index contributed by atoms with van der Waals surface area (Å²) in [5.74, 6) is 0. The molecule has 0 N–H and O–H groups in total. The minimum Gasteiger partial charge on any atom is -0.445 e. The van der Waals surface area contributed by atoms with E-state index in [4.69, 9.17) is 9.47 Å². The Hall–Kier alpha value is -0.156. The van der Waals surface area contributed by atoms with Crippen molar-refractivity contribution in [2.75, 3.05) is 0 Å². The first-order valence-corrected chi connectivity index (χ1v) is 4.99. The molecule has 0 aliphatic carbocycles. The Labute approximate surface area is 135 Å². The topological polar surface area (TPSA) is 55.8 Å². The molecule has 5 nitrogen and oxygen atoms in total. The van der Waals surface area contributed by atoms with Gasteiger partial charge in [-0.25, -0.2) is 16.6 Å². The molecule has 0 heterocycles. The minimum absolute atomic E-state index is 0. The van der Waals surface area contributed by atoms with Crippen LogP contribution in [0.15, 0.2) is 0 Å². The molecular weight excluding hydrogens is 311 g/mol. The molecule has 0 fully saturated rings. The van der Waals surface area contributed by atoms with E-state index in [2.05, 4.69) is 7.05 Å². The number of hydrogen-bond acceptors (Lipinski definition) is 4. The van der Waals surface area contributed by atoms with Crippen LogP contribution in [0.3, 0.4) is 0 Å². The third kappa shape index (κ3) is 11.0. The molecule has 0 radical (unpaired) electrons. The average molecular weight is 334 g/mol. The fraction of sp³-hybridized carbons (Fsp3) is 0.667. The first kappa shape index (κ1) is 23.0. The molecule has 0 atom stereocenters. The summed E-state index contributed by atoms with van der Waals surface area (Å²) in [6, 6.07) is 0. The molecule has 0 bridgehead atoms. The zero-order valence-electron chi connectivity index (χ0n) is 12.4. The standard InChI is InChI=1S/C11H20NO4.CH3.Y/c1-10(2,3)15-8(13)12(7)9(14)16-11(4,5)6;;/h7H2,1-6H3;1H3;/q2*-1;+3. The third-order valence-electron chi connectivity index (χ3n) is 1.23. The van der Waals surface area contributed by atoms with Crippen LogP contribution < -0.4 is 0 Å². The van der Waals surface area contributed by atoms with Crippen molar-refractivity contribution >= 4 is 12.2 Å². The largest absolute Gasteiger partial charge is 3.00 e. The van der Waals surface area contributed by atoms with E-state index >= 15 is 0 Å². The number of nitrogens with zero attached hydrogens (tertiary/aromatic N) is 1. The van der Waals surface area contributed by atoms with Crippen molar-refractivity contribution in [3.8, 4) is 0 Å². The Morgan fingerprint density at radius 3 is 1.28 bits per heavy atom. The Bertz CT molecular complexity index is 251. The van der Waals surface area contributed by atoms with E-state index in [-0.39, 0.29) is 40.1 Å². The van der Waals surface area contributed by atoms with Gasteiger partial charge in [0.25, 0.3) is 0 Å². The van der Waals surface area contributed by atoms with Gasteiger partial charge in [0.05, 0.1) is 0 Å². The zero-order chi connectivity index (χ0) is 13.1. The van der Waals surface area contributed by atoms with E-state index in [1.54, 1.807) is 41.5 Å². The molecule has 0 aromatic heterocycles. The van der Waals surface area contributed by atoms with Gasteiger partial charge in [0.1, 0.15) is 11.2 Å². The van der Waals surface area contributed by atoms with Gasteiger partial charge in [-0.15, -0.1) is 0 Å². The van der Waals surface area contributed by atoms with Gasteiger partial charge in [0.15, 0.2) is 0 Å². The summed E-state index contributed by atoms with van der Waals surface area (Å²) in [4.78, 5) is 23.4. The van der Waals surface area contributed by atoms with Crippen molar-refractivity contribution in [1.29, 1.82) is 0 Å². The summed E-state index contributed by atoms with van der Waals surface area (Å²) < 4.78 is 9.92. The summed E-state index contributed by atoms with van der Waals surface area (Å²) in [6.45, 7) is 10.2. The Balaban J connectivity index is -0.00000112. The van der Waals surface area contributed by atoms with Gasteiger partial charge in [0, 0.05) is 0 Å². The van der Waals surface area contributed by atoms with Crippen LogP contribution in [0.25, 0.3) is 0 Å². The van der Waals surface area contributed by atoms with E-state index < -0.39 is 23.4 Å². The van der Waals surface area contributed by atoms with Crippen LogP contribution >= 0.6 is 0 Å². The quantitative estimate of drug-likeness (QED) is 0.637. The number of hydrogen-bond donors (Lipinski definition) is 0. The average Bonchev–Trinajstić information content (AvgIpc) is 1.96. The van der Waals surface area contributed by atoms with Crippen molar-refractivity contribution < 1.29 is 51.8 Å². The monoisotopic (exact) mass is 334 g/mol. The SMILES string of the molecule is [CH2-]N(C(=O)OC(C)(C)C)C(=O)OC(C)(C)C.[CH3-].[Y+3]. The molecule has 0 aliphatic heterocycles. The maximum Gasteiger partial charge on any atom is 3.00 e. The van der Waals surface area contributed by atoms with Crippen LogP contribution in [0.2, 0.25) is 0 Å². The number of imide groups is 1. The molecule has 0 aromatic carbocycles. The van der Waals surface area contributed by atoms with E-state index in [9.17, 15) is 9.59 Å².